The third-order valence-corrected chi connectivity index (χ3v) is 3.24. The van der Waals surface area contributed by atoms with E-state index < -0.39 is 11.9 Å². The number of anilines is 1. The SMILES string of the molecule is CCOC(=O)C(=O)Nc1nc2c(C)cccc2s1. The van der Waals surface area contributed by atoms with Crippen molar-refractivity contribution in [3.05, 3.63) is 23.8 Å². The van der Waals surface area contributed by atoms with Gasteiger partial charge in [-0.05, 0) is 25.5 Å². The maximum atomic E-state index is 11.4. The fraction of sp³-hybridized carbons (Fsp3) is 0.250. The summed E-state index contributed by atoms with van der Waals surface area (Å²) in [6, 6.07) is 5.78. The number of carbonyl (C=O) groups is 2. The summed E-state index contributed by atoms with van der Waals surface area (Å²) >= 11 is 1.32. The molecule has 1 aromatic heterocycles. The number of ether oxygens (including phenoxy) is 1. The number of hydrogen-bond donors (Lipinski definition) is 1. The molecule has 0 saturated heterocycles. The Hall–Kier alpha value is -1.95. The van der Waals surface area contributed by atoms with Gasteiger partial charge in [0.1, 0.15) is 0 Å². The lowest BCUT2D eigenvalue weighted by molar-refractivity contribution is -0.152. The Labute approximate surface area is 108 Å². The van der Waals surface area contributed by atoms with Crippen molar-refractivity contribution in [2.45, 2.75) is 13.8 Å². The standard InChI is InChI=1S/C12H12N2O3S/c1-3-17-11(16)10(15)14-12-13-9-7(2)5-4-6-8(9)18-12/h4-6H,3H2,1-2H3,(H,13,14,15). The van der Waals surface area contributed by atoms with E-state index in [-0.39, 0.29) is 6.61 Å². The van der Waals surface area contributed by atoms with Crippen molar-refractivity contribution in [1.29, 1.82) is 0 Å². The second-order valence-corrected chi connectivity index (χ2v) is 4.65. The normalized spacial score (nSPS) is 10.3. The first kappa shape index (κ1) is 12.5. The molecule has 2 aromatic rings. The second-order valence-electron chi connectivity index (χ2n) is 3.62. The topological polar surface area (TPSA) is 68.3 Å². The molecule has 0 spiro atoms. The molecule has 0 aliphatic carbocycles. The third-order valence-electron chi connectivity index (χ3n) is 2.30. The van der Waals surface area contributed by atoms with Gasteiger partial charge in [0.2, 0.25) is 0 Å². The molecule has 18 heavy (non-hydrogen) atoms. The maximum absolute atomic E-state index is 11.4. The van der Waals surface area contributed by atoms with Gasteiger partial charge in [-0.25, -0.2) is 9.78 Å². The number of thiazole rings is 1. The van der Waals surface area contributed by atoms with E-state index in [2.05, 4.69) is 15.0 Å². The van der Waals surface area contributed by atoms with Crippen LogP contribution in [-0.4, -0.2) is 23.5 Å². The summed E-state index contributed by atoms with van der Waals surface area (Å²) in [5.74, 6) is -1.69. The number of fused-ring (bicyclic) bond motifs is 1. The first-order valence-corrected chi connectivity index (χ1v) is 6.27. The van der Waals surface area contributed by atoms with Crippen molar-refractivity contribution < 1.29 is 14.3 Å². The fourth-order valence-corrected chi connectivity index (χ4v) is 2.42. The summed E-state index contributed by atoms with van der Waals surface area (Å²) in [7, 11) is 0. The lowest BCUT2D eigenvalue weighted by Crippen LogP contribution is -2.24. The van der Waals surface area contributed by atoms with Crippen molar-refractivity contribution in [3.63, 3.8) is 0 Å². The minimum atomic E-state index is -0.895. The molecule has 0 aliphatic heterocycles. The number of esters is 1. The number of nitrogens with zero attached hydrogens (tertiary/aromatic N) is 1. The lowest BCUT2D eigenvalue weighted by Gasteiger charge is -2.00. The Balaban J connectivity index is 2.20. The number of amides is 1. The van der Waals surface area contributed by atoms with Gasteiger partial charge >= 0.3 is 11.9 Å². The van der Waals surface area contributed by atoms with Crippen molar-refractivity contribution >= 4 is 38.6 Å². The smallest absolute Gasteiger partial charge is 0.397 e. The highest BCUT2D eigenvalue weighted by Crippen LogP contribution is 2.27. The van der Waals surface area contributed by atoms with Gasteiger partial charge in [-0.1, -0.05) is 23.5 Å². The van der Waals surface area contributed by atoms with E-state index in [0.29, 0.717) is 5.13 Å². The predicted octanol–water partition coefficient (Wildman–Crippen LogP) is 2.11. The first-order valence-electron chi connectivity index (χ1n) is 5.46. The Kier molecular flexibility index (Phi) is 3.57. The molecule has 0 unspecified atom stereocenters. The highest BCUT2D eigenvalue weighted by molar-refractivity contribution is 7.22. The van der Waals surface area contributed by atoms with Crippen LogP contribution >= 0.6 is 11.3 Å². The molecule has 0 saturated carbocycles. The number of aryl methyl sites for hydroxylation is 1. The molecular formula is C12H12N2O3S. The van der Waals surface area contributed by atoms with Crippen LogP contribution in [0.2, 0.25) is 0 Å². The van der Waals surface area contributed by atoms with Gasteiger partial charge < -0.3 is 4.74 Å². The zero-order valence-electron chi connectivity index (χ0n) is 10.0. The van der Waals surface area contributed by atoms with E-state index in [4.69, 9.17) is 0 Å². The number of rotatable bonds is 2. The van der Waals surface area contributed by atoms with Gasteiger partial charge in [0.25, 0.3) is 0 Å². The molecule has 0 bridgehead atoms. The van der Waals surface area contributed by atoms with Gasteiger partial charge in [0.15, 0.2) is 5.13 Å². The van der Waals surface area contributed by atoms with Crippen LogP contribution < -0.4 is 5.32 Å². The molecule has 0 fully saturated rings. The molecule has 1 aromatic carbocycles. The lowest BCUT2D eigenvalue weighted by atomic mass is 10.2. The quantitative estimate of drug-likeness (QED) is 0.666. The van der Waals surface area contributed by atoms with E-state index >= 15 is 0 Å². The van der Waals surface area contributed by atoms with E-state index in [1.54, 1.807) is 6.92 Å². The average Bonchev–Trinajstić information content (AvgIpc) is 2.73. The van der Waals surface area contributed by atoms with Gasteiger partial charge in [-0.15, -0.1) is 0 Å². The zero-order chi connectivity index (χ0) is 13.1. The molecule has 1 N–H and O–H groups in total. The van der Waals surface area contributed by atoms with E-state index in [9.17, 15) is 9.59 Å². The Bertz CT molecular complexity index is 606. The molecule has 0 aliphatic rings. The summed E-state index contributed by atoms with van der Waals surface area (Å²) < 4.78 is 5.57. The van der Waals surface area contributed by atoms with Crippen LogP contribution in [0.3, 0.4) is 0 Å². The maximum Gasteiger partial charge on any atom is 0.397 e. The molecule has 1 amide bonds. The Morgan fingerprint density at radius 3 is 2.89 bits per heavy atom. The summed E-state index contributed by atoms with van der Waals surface area (Å²) in [6.45, 7) is 3.76. The number of nitrogens with one attached hydrogen (secondary N) is 1. The molecule has 94 valence electrons. The molecule has 2 rings (SSSR count). The van der Waals surface area contributed by atoms with Crippen LogP contribution in [0.4, 0.5) is 5.13 Å². The number of aromatic nitrogens is 1. The summed E-state index contributed by atoms with van der Waals surface area (Å²) in [5, 5.41) is 2.84. The van der Waals surface area contributed by atoms with Gasteiger partial charge in [0.05, 0.1) is 16.8 Å². The molecular weight excluding hydrogens is 252 g/mol. The number of para-hydroxylation sites is 1. The van der Waals surface area contributed by atoms with E-state index in [1.807, 2.05) is 25.1 Å². The summed E-state index contributed by atoms with van der Waals surface area (Å²) in [4.78, 5) is 26.9. The fourth-order valence-electron chi connectivity index (χ4n) is 1.48. The summed E-state index contributed by atoms with van der Waals surface area (Å²) in [5.41, 5.74) is 1.86. The highest BCUT2D eigenvalue weighted by Gasteiger charge is 2.17. The van der Waals surface area contributed by atoms with Crippen LogP contribution in [0.1, 0.15) is 12.5 Å². The van der Waals surface area contributed by atoms with Crippen molar-refractivity contribution in [1.82, 2.24) is 4.98 Å². The molecule has 0 radical (unpaired) electrons. The number of carbonyl (C=O) groups excluding carboxylic acids is 2. The largest absolute Gasteiger partial charge is 0.459 e. The highest BCUT2D eigenvalue weighted by atomic mass is 32.1. The Morgan fingerprint density at radius 2 is 2.22 bits per heavy atom. The molecule has 6 heteroatoms. The van der Waals surface area contributed by atoms with Crippen LogP contribution in [0.25, 0.3) is 10.2 Å². The molecule has 5 nitrogen and oxygen atoms in total. The molecule has 1 heterocycles. The molecule has 0 atom stereocenters. The van der Waals surface area contributed by atoms with E-state index in [1.165, 1.54) is 11.3 Å². The average molecular weight is 264 g/mol. The zero-order valence-corrected chi connectivity index (χ0v) is 10.8. The predicted molar refractivity (Wildman–Crippen MR) is 69.6 cm³/mol. The van der Waals surface area contributed by atoms with Crippen molar-refractivity contribution in [3.8, 4) is 0 Å². The number of benzene rings is 1. The van der Waals surface area contributed by atoms with Gasteiger partial charge in [-0.2, -0.15) is 0 Å². The van der Waals surface area contributed by atoms with Crippen LogP contribution in [0, 0.1) is 6.92 Å². The van der Waals surface area contributed by atoms with Crippen molar-refractivity contribution in [2.24, 2.45) is 0 Å². The first-order chi connectivity index (χ1) is 8.61. The van der Waals surface area contributed by atoms with Crippen LogP contribution in [0.5, 0.6) is 0 Å². The summed E-state index contributed by atoms with van der Waals surface area (Å²) in [6.07, 6.45) is 0. The third kappa shape index (κ3) is 2.48. The monoisotopic (exact) mass is 264 g/mol. The van der Waals surface area contributed by atoms with Crippen LogP contribution in [0.15, 0.2) is 18.2 Å². The minimum Gasteiger partial charge on any atom is -0.459 e. The minimum absolute atomic E-state index is 0.172. The van der Waals surface area contributed by atoms with Crippen molar-refractivity contribution in [2.75, 3.05) is 11.9 Å². The van der Waals surface area contributed by atoms with Gasteiger partial charge in [0, 0.05) is 0 Å². The number of hydrogen-bond acceptors (Lipinski definition) is 5. The van der Waals surface area contributed by atoms with E-state index in [0.717, 1.165) is 15.8 Å². The van der Waals surface area contributed by atoms with Crippen LogP contribution in [-0.2, 0) is 14.3 Å². The second kappa shape index (κ2) is 5.14. The van der Waals surface area contributed by atoms with Gasteiger partial charge in [-0.3, -0.25) is 10.1 Å². The Morgan fingerprint density at radius 1 is 1.44 bits per heavy atom.